The fraction of sp³-hybridized carbons (Fsp3) is 0.0732. The summed E-state index contributed by atoms with van der Waals surface area (Å²) in [5, 5.41) is 0. The van der Waals surface area contributed by atoms with Crippen LogP contribution in [0.1, 0.15) is 28.7 Å². The van der Waals surface area contributed by atoms with Crippen molar-refractivity contribution in [2.45, 2.75) is 17.3 Å². The van der Waals surface area contributed by atoms with Gasteiger partial charge in [0.25, 0.3) is 0 Å². The van der Waals surface area contributed by atoms with Crippen LogP contribution < -0.4 is 9.47 Å². The quantitative estimate of drug-likeness (QED) is 0.145. The zero-order valence-electron chi connectivity index (χ0n) is 24.4. The fourth-order valence-electron chi connectivity index (χ4n) is 7.38. The Kier molecular flexibility index (Phi) is 6.24. The Hall–Kier alpha value is -5.74. The molecule has 2 aliphatic carbocycles. The predicted octanol–water partition coefficient (Wildman–Crippen LogP) is 8.52. The first kappa shape index (κ1) is 26.9. The molecule has 4 heteroatoms. The first-order valence-corrected chi connectivity index (χ1v) is 15.1. The molecule has 0 amide bonds. The maximum Gasteiger partial charge on any atom is 0.326 e. The Morgan fingerprint density at radius 1 is 0.378 bits per heavy atom. The number of hydrogen-bond acceptors (Lipinski definition) is 4. The SMILES string of the molecule is O=C(Oc1ccccc1)C1(CC2(C(=O)Oc3ccccc3)c3ccccc3-c3ccccc32)c2ccccc2-c2ccccc21. The van der Waals surface area contributed by atoms with Gasteiger partial charge in [0.05, 0.1) is 0 Å². The van der Waals surface area contributed by atoms with Crippen LogP contribution in [0.3, 0.4) is 0 Å². The van der Waals surface area contributed by atoms with E-state index < -0.39 is 22.8 Å². The van der Waals surface area contributed by atoms with Gasteiger partial charge >= 0.3 is 11.9 Å². The summed E-state index contributed by atoms with van der Waals surface area (Å²) < 4.78 is 12.5. The van der Waals surface area contributed by atoms with E-state index in [2.05, 4.69) is 0 Å². The highest BCUT2D eigenvalue weighted by Crippen LogP contribution is 2.60. The van der Waals surface area contributed by atoms with Crippen molar-refractivity contribution in [3.05, 3.63) is 180 Å². The summed E-state index contributed by atoms with van der Waals surface area (Å²) in [6, 6.07) is 50.1. The number of rotatable bonds is 6. The van der Waals surface area contributed by atoms with E-state index in [9.17, 15) is 0 Å². The lowest BCUT2D eigenvalue weighted by molar-refractivity contribution is -0.143. The summed E-state index contributed by atoms with van der Waals surface area (Å²) in [6.07, 6.45) is 0.0688. The zero-order chi connectivity index (χ0) is 30.4. The summed E-state index contributed by atoms with van der Waals surface area (Å²) in [4.78, 5) is 30.0. The number of hydrogen-bond donors (Lipinski definition) is 0. The van der Waals surface area contributed by atoms with Gasteiger partial charge in [-0.3, -0.25) is 9.59 Å². The Labute approximate surface area is 261 Å². The molecule has 6 aromatic rings. The molecule has 0 fully saturated rings. The molecule has 0 atom stereocenters. The van der Waals surface area contributed by atoms with Gasteiger partial charge in [-0.05, 0) is 75.2 Å². The van der Waals surface area contributed by atoms with Crippen molar-refractivity contribution in [1.29, 1.82) is 0 Å². The number of benzene rings is 6. The molecule has 0 heterocycles. The Morgan fingerprint density at radius 2 is 0.644 bits per heavy atom. The first-order chi connectivity index (χ1) is 22.1. The van der Waals surface area contributed by atoms with Gasteiger partial charge in [-0.2, -0.15) is 0 Å². The van der Waals surface area contributed by atoms with Crippen molar-refractivity contribution in [2.75, 3.05) is 0 Å². The lowest BCUT2D eigenvalue weighted by Gasteiger charge is -2.39. The average molecular weight is 585 g/mol. The minimum Gasteiger partial charge on any atom is -0.426 e. The number of ether oxygens (including phenoxy) is 2. The molecule has 0 spiro atoms. The number of carbonyl (C=O) groups is 2. The molecule has 0 radical (unpaired) electrons. The number of para-hydroxylation sites is 2. The first-order valence-electron chi connectivity index (χ1n) is 15.1. The van der Waals surface area contributed by atoms with Crippen LogP contribution in [0.4, 0.5) is 0 Å². The van der Waals surface area contributed by atoms with Crippen LogP contribution in [0.2, 0.25) is 0 Å². The molecule has 0 saturated carbocycles. The average Bonchev–Trinajstić information content (AvgIpc) is 3.55. The van der Waals surface area contributed by atoms with Crippen LogP contribution in [0, 0.1) is 0 Å². The summed E-state index contributed by atoms with van der Waals surface area (Å²) in [5.41, 5.74) is 4.33. The van der Waals surface area contributed by atoms with E-state index in [0.717, 1.165) is 44.5 Å². The van der Waals surface area contributed by atoms with Gasteiger partial charge in [-0.25, -0.2) is 0 Å². The van der Waals surface area contributed by atoms with E-state index in [1.54, 1.807) is 24.3 Å². The normalized spacial score (nSPS) is 14.4. The fourth-order valence-corrected chi connectivity index (χ4v) is 7.38. The third-order valence-electron chi connectivity index (χ3n) is 9.26. The van der Waals surface area contributed by atoms with Gasteiger partial charge in [0.15, 0.2) is 0 Å². The van der Waals surface area contributed by atoms with E-state index in [4.69, 9.17) is 9.47 Å². The minimum atomic E-state index is -1.34. The molecule has 216 valence electrons. The molecule has 0 N–H and O–H groups in total. The summed E-state index contributed by atoms with van der Waals surface area (Å²) in [6.45, 7) is 0. The van der Waals surface area contributed by atoms with Crippen molar-refractivity contribution in [1.82, 2.24) is 0 Å². The van der Waals surface area contributed by atoms with Gasteiger partial charge in [0.1, 0.15) is 22.3 Å². The topological polar surface area (TPSA) is 52.6 Å². The smallest absolute Gasteiger partial charge is 0.326 e. The monoisotopic (exact) mass is 584 g/mol. The molecule has 4 nitrogen and oxygen atoms in total. The van der Waals surface area contributed by atoms with Crippen LogP contribution in [0.5, 0.6) is 11.5 Å². The maximum atomic E-state index is 15.0. The van der Waals surface area contributed by atoms with E-state index in [-0.39, 0.29) is 6.42 Å². The second kappa shape index (κ2) is 10.5. The van der Waals surface area contributed by atoms with E-state index >= 15 is 9.59 Å². The van der Waals surface area contributed by atoms with Gasteiger partial charge < -0.3 is 9.47 Å². The van der Waals surface area contributed by atoms with Crippen LogP contribution in [0.15, 0.2) is 158 Å². The maximum absolute atomic E-state index is 15.0. The third kappa shape index (κ3) is 3.99. The number of carbonyl (C=O) groups excluding carboxylic acids is 2. The molecule has 45 heavy (non-hydrogen) atoms. The van der Waals surface area contributed by atoms with Crippen molar-refractivity contribution in [3.63, 3.8) is 0 Å². The standard InChI is InChI=1S/C41H28O4/c42-38(44-28-15-3-1-4-16-28)40(34-23-11-7-19-30(34)31-20-8-12-24-35(31)40)27-41(39(43)45-29-17-5-2-6-18-29)36-25-13-9-21-32(36)33-22-10-14-26-37(33)41/h1-26H,27H2. The van der Waals surface area contributed by atoms with Crippen molar-refractivity contribution in [3.8, 4) is 33.8 Å². The molecular formula is C41H28O4. The lowest BCUT2D eigenvalue weighted by Crippen LogP contribution is -2.49. The number of esters is 2. The van der Waals surface area contributed by atoms with E-state index in [1.807, 2.05) is 133 Å². The molecule has 0 bridgehead atoms. The largest absolute Gasteiger partial charge is 0.426 e. The Morgan fingerprint density at radius 3 is 0.956 bits per heavy atom. The molecule has 2 aliphatic rings. The van der Waals surface area contributed by atoms with Crippen LogP contribution in [0.25, 0.3) is 22.3 Å². The van der Waals surface area contributed by atoms with Gasteiger partial charge in [-0.15, -0.1) is 0 Å². The molecule has 6 aromatic carbocycles. The van der Waals surface area contributed by atoms with Crippen LogP contribution in [-0.2, 0) is 20.4 Å². The highest BCUT2D eigenvalue weighted by Gasteiger charge is 2.61. The highest BCUT2D eigenvalue weighted by atomic mass is 16.5. The molecule has 0 aromatic heterocycles. The van der Waals surface area contributed by atoms with Crippen molar-refractivity contribution < 1.29 is 19.1 Å². The highest BCUT2D eigenvalue weighted by molar-refractivity contribution is 6.04. The van der Waals surface area contributed by atoms with Gasteiger partial charge in [0.2, 0.25) is 0 Å². The molecule has 0 saturated heterocycles. The molecule has 0 unspecified atom stereocenters. The Balaban J connectivity index is 1.42. The van der Waals surface area contributed by atoms with Crippen LogP contribution >= 0.6 is 0 Å². The van der Waals surface area contributed by atoms with Crippen molar-refractivity contribution >= 4 is 11.9 Å². The van der Waals surface area contributed by atoms with Crippen LogP contribution in [-0.4, -0.2) is 11.9 Å². The molecular weight excluding hydrogens is 556 g/mol. The van der Waals surface area contributed by atoms with Gasteiger partial charge in [-0.1, -0.05) is 133 Å². The van der Waals surface area contributed by atoms with Crippen molar-refractivity contribution in [2.24, 2.45) is 0 Å². The minimum absolute atomic E-state index is 0.0688. The third-order valence-corrected chi connectivity index (χ3v) is 9.26. The second-order valence-corrected chi connectivity index (χ2v) is 11.6. The molecule has 0 aliphatic heterocycles. The molecule has 8 rings (SSSR count). The number of fused-ring (bicyclic) bond motifs is 6. The second-order valence-electron chi connectivity index (χ2n) is 11.6. The predicted molar refractivity (Wildman–Crippen MR) is 174 cm³/mol. The lowest BCUT2D eigenvalue weighted by atomic mass is 9.62. The van der Waals surface area contributed by atoms with E-state index in [1.165, 1.54) is 0 Å². The summed E-state index contributed by atoms with van der Waals surface area (Å²) in [7, 11) is 0. The van der Waals surface area contributed by atoms with E-state index in [0.29, 0.717) is 11.5 Å². The summed E-state index contributed by atoms with van der Waals surface area (Å²) in [5.74, 6) is -0.00607. The Bertz CT molecular complexity index is 1840. The van der Waals surface area contributed by atoms with Gasteiger partial charge in [0, 0.05) is 0 Å². The summed E-state index contributed by atoms with van der Waals surface area (Å²) >= 11 is 0. The zero-order valence-corrected chi connectivity index (χ0v) is 24.4.